The molecule has 1 rings (SSSR count). The first-order valence-corrected chi connectivity index (χ1v) is 12.9. The van der Waals surface area contributed by atoms with Crippen molar-refractivity contribution in [3.8, 4) is 6.07 Å². The van der Waals surface area contributed by atoms with Gasteiger partial charge in [-0.1, -0.05) is 57.0 Å². The number of nitriles is 1. The quantitative estimate of drug-likeness (QED) is 0.103. The summed E-state index contributed by atoms with van der Waals surface area (Å²) >= 11 is 12.1. The van der Waals surface area contributed by atoms with Gasteiger partial charge in [-0.3, -0.25) is 14.4 Å². The highest BCUT2D eigenvalue weighted by Gasteiger charge is 2.30. The molecule has 9 nitrogen and oxygen atoms in total. The van der Waals surface area contributed by atoms with Crippen molar-refractivity contribution in [2.75, 3.05) is 6.54 Å². The van der Waals surface area contributed by atoms with Gasteiger partial charge in [0.15, 0.2) is 0 Å². The summed E-state index contributed by atoms with van der Waals surface area (Å²) in [7, 11) is -1.77. The minimum atomic E-state index is -1.77. The topological polar surface area (TPSA) is 152 Å². The van der Waals surface area contributed by atoms with Gasteiger partial charge in [0.05, 0.1) is 16.5 Å². The fourth-order valence-corrected chi connectivity index (χ4v) is 3.87. The van der Waals surface area contributed by atoms with E-state index in [-0.39, 0.29) is 41.0 Å². The Labute approximate surface area is 228 Å². The van der Waals surface area contributed by atoms with Crippen molar-refractivity contribution in [3.63, 3.8) is 0 Å². The van der Waals surface area contributed by atoms with E-state index < -0.39 is 36.8 Å². The van der Waals surface area contributed by atoms with E-state index in [9.17, 15) is 24.4 Å². The van der Waals surface area contributed by atoms with Gasteiger partial charge >= 0.3 is 7.12 Å². The van der Waals surface area contributed by atoms with Crippen molar-refractivity contribution in [1.82, 2.24) is 16.0 Å². The molecule has 12 heteroatoms. The number of allylic oxidation sites excluding steroid dienone is 1. The van der Waals surface area contributed by atoms with Crippen LogP contribution in [0, 0.1) is 23.2 Å². The van der Waals surface area contributed by atoms with Crippen molar-refractivity contribution in [2.45, 2.75) is 65.4 Å². The van der Waals surface area contributed by atoms with Gasteiger partial charge in [-0.2, -0.15) is 5.26 Å². The number of rotatable bonds is 14. The molecule has 0 radical (unpaired) electrons. The number of nitrogens with one attached hydrogen (secondary N) is 3. The number of unbranched alkanes of at least 4 members (excludes halogenated alkanes) is 1. The fourth-order valence-electron chi connectivity index (χ4n) is 3.49. The summed E-state index contributed by atoms with van der Waals surface area (Å²) in [6.45, 7) is 7.75. The average molecular weight is 553 g/mol. The molecule has 37 heavy (non-hydrogen) atoms. The predicted molar refractivity (Wildman–Crippen MR) is 145 cm³/mol. The molecule has 0 unspecified atom stereocenters. The van der Waals surface area contributed by atoms with Crippen LogP contribution in [-0.2, 0) is 9.59 Å². The lowest BCUT2D eigenvalue weighted by Gasteiger charge is -2.24. The van der Waals surface area contributed by atoms with E-state index in [1.54, 1.807) is 6.08 Å². The Bertz CT molecular complexity index is 1010. The number of benzene rings is 1. The van der Waals surface area contributed by atoms with Crippen LogP contribution in [0.1, 0.15) is 63.7 Å². The van der Waals surface area contributed by atoms with E-state index in [2.05, 4.69) is 16.0 Å². The largest absolute Gasteiger partial charge is 0.475 e. The maximum absolute atomic E-state index is 13.0. The number of hydrogen-bond acceptors (Lipinski definition) is 6. The summed E-state index contributed by atoms with van der Waals surface area (Å²) in [5, 5.41) is 36.9. The van der Waals surface area contributed by atoms with Gasteiger partial charge in [-0.05, 0) is 55.7 Å². The molecule has 0 aliphatic carbocycles. The zero-order valence-electron chi connectivity index (χ0n) is 21.6. The van der Waals surface area contributed by atoms with Crippen LogP contribution < -0.4 is 16.0 Å². The molecule has 3 amide bonds. The van der Waals surface area contributed by atoms with Crippen LogP contribution in [0.4, 0.5) is 0 Å². The Hall–Kier alpha value is -2.58. The molecule has 5 N–H and O–H groups in total. The molecule has 0 aliphatic rings. The maximum atomic E-state index is 13.0. The van der Waals surface area contributed by atoms with E-state index in [1.807, 2.05) is 33.8 Å². The number of amides is 3. The summed E-state index contributed by atoms with van der Waals surface area (Å²) in [5.74, 6) is -2.45. The van der Waals surface area contributed by atoms with Crippen LogP contribution in [-0.4, -0.2) is 53.4 Å². The fraction of sp³-hybridized carbons (Fsp3) is 0.520. The summed E-state index contributed by atoms with van der Waals surface area (Å²) in [4.78, 5) is 38.1. The van der Waals surface area contributed by atoms with Crippen molar-refractivity contribution in [3.05, 3.63) is 45.5 Å². The molecule has 0 heterocycles. The van der Waals surface area contributed by atoms with Crippen LogP contribution in [0.5, 0.6) is 0 Å². The van der Waals surface area contributed by atoms with Gasteiger partial charge in [-0.15, -0.1) is 0 Å². The molecule has 0 fully saturated rings. The first kappa shape index (κ1) is 32.5. The summed E-state index contributed by atoms with van der Waals surface area (Å²) in [6.07, 6.45) is 3.02. The molecular formula is C25H35BCl2N4O5. The summed E-state index contributed by atoms with van der Waals surface area (Å²) in [5.41, 5.74) is 0.137. The SMILES string of the molecule is CC(C)C=C(C#N)C(=O)NCCCC[C@H](NC(=O)c1cc(Cl)ccc1Cl)C(=O)N[C@@H](CC(C)C)B(O)O. The number of nitrogens with zero attached hydrogens (tertiary/aromatic N) is 1. The van der Waals surface area contributed by atoms with Crippen molar-refractivity contribution in [2.24, 2.45) is 11.8 Å². The van der Waals surface area contributed by atoms with Crippen LogP contribution in [0.25, 0.3) is 0 Å². The molecule has 0 spiro atoms. The second kappa shape index (κ2) is 16.3. The van der Waals surface area contributed by atoms with Crippen LogP contribution in [0.2, 0.25) is 10.0 Å². The summed E-state index contributed by atoms with van der Waals surface area (Å²) < 4.78 is 0. The standard InChI is InChI=1S/C25H35BCl2N4O5/c1-15(2)11-17(14-29)23(33)30-10-6-5-7-21(25(35)32-22(26(36)37)12-16(3)4)31-24(34)19-13-18(27)8-9-20(19)28/h8-9,11,13,15-16,21-22,36-37H,5-7,10,12H2,1-4H3,(H,30,33)(H,31,34)(H,32,35)/t21-,22-/m0/s1. The first-order chi connectivity index (χ1) is 17.3. The monoisotopic (exact) mass is 552 g/mol. The van der Waals surface area contributed by atoms with Gasteiger partial charge < -0.3 is 26.0 Å². The molecule has 1 aromatic rings. The van der Waals surface area contributed by atoms with Crippen LogP contribution in [0.15, 0.2) is 29.8 Å². The van der Waals surface area contributed by atoms with Crippen molar-refractivity contribution in [1.29, 1.82) is 5.26 Å². The Kier molecular flexibility index (Phi) is 14.3. The normalized spacial score (nSPS) is 13.1. The van der Waals surface area contributed by atoms with Crippen molar-refractivity contribution >= 4 is 48.0 Å². The zero-order chi connectivity index (χ0) is 28.1. The van der Waals surface area contributed by atoms with E-state index in [0.29, 0.717) is 24.3 Å². The lowest BCUT2D eigenvalue weighted by atomic mass is 9.75. The van der Waals surface area contributed by atoms with Gasteiger partial charge in [0.25, 0.3) is 11.8 Å². The van der Waals surface area contributed by atoms with Gasteiger partial charge in [0.1, 0.15) is 17.7 Å². The smallest absolute Gasteiger partial charge is 0.426 e. The molecule has 2 atom stereocenters. The van der Waals surface area contributed by atoms with Crippen LogP contribution >= 0.6 is 23.2 Å². The van der Waals surface area contributed by atoms with Gasteiger partial charge in [0, 0.05) is 11.6 Å². The lowest BCUT2D eigenvalue weighted by Crippen LogP contribution is -2.54. The van der Waals surface area contributed by atoms with E-state index in [0.717, 1.165) is 0 Å². The highest BCUT2D eigenvalue weighted by atomic mass is 35.5. The van der Waals surface area contributed by atoms with Gasteiger partial charge in [-0.25, -0.2) is 0 Å². The molecule has 0 saturated heterocycles. The van der Waals surface area contributed by atoms with Gasteiger partial charge in [0.2, 0.25) is 5.91 Å². The van der Waals surface area contributed by atoms with E-state index >= 15 is 0 Å². The Morgan fingerprint density at radius 1 is 1.11 bits per heavy atom. The molecule has 1 aromatic carbocycles. The Morgan fingerprint density at radius 2 is 1.78 bits per heavy atom. The second-order valence-electron chi connectivity index (χ2n) is 9.50. The summed E-state index contributed by atoms with van der Waals surface area (Å²) in [6, 6.07) is 5.27. The number of carbonyl (C=O) groups is 3. The average Bonchev–Trinajstić information content (AvgIpc) is 2.81. The van der Waals surface area contributed by atoms with Crippen molar-refractivity contribution < 1.29 is 24.4 Å². The molecule has 0 aromatic heterocycles. The third kappa shape index (κ3) is 12.0. The Morgan fingerprint density at radius 3 is 2.35 bits per heavy atom. The predicted octanol–water partition coefficient (Wildman–Crippen LogP) is 3.03. The third-order valence-corrected chi connectivity index (χ3v) is 5.84. The highest BCUT2D eigenvalue weighted by molar-refractivity contribution is 6.43. The second-order valence-corrected chi connectivity index (χ2v) is 10.3. The minimum Gasteiger partial charge on any atom is -0.426 e. The van der Waals surface area contributed by atoms with E-state index in [1.165, 1.54) is 18.2 Å². The zero-order valence-corrected chi connectivity index (χ0v) is 23.1. The number of halogens is 2. The Balaban J connectivity index is 2.89. The first-order valence-electron chi connectivity index (χ1n) is 12.2. The molecular weight excluding hydrogens is 518 g/mol. The molecule has 0 aliphatic heterocycles. The minimum absolute atomic E-state index is 0.0386. The number of hydrogen-bond donors (Lipinski definition) is 5. The van der Waals surface area contributed by atoms with E-state index in [4.69, 9.17) is 28.5 Å². The lowest BCUT2D eigenvalue weighted by molar-refractivity contribution is -0.123. The highest BCUT2D eigenvalue weighted by Crippen LogP contribution is 2.21. The maximum Gasteiger partial charge on any atom is 0.475 e. The van der Waals surface area contributed by atoms with Crippen LogP contribution in [0.3, 0.4) is 0 Å². The third-order valence-electron chi connectivity index (χ3n) is 5.28. The molecule has 0 saturated carbocycles. The molecule has 202 valence electrons. The number of carbonyl (C=O) groups excluding carboxylic acids is 3. The molecule has 0 bridgehead atoms.